The number of allylic oxidation sites excluding steroid dienone is 2. The van der Waals surface area contributed by atoms with Gasteiger partial charge in [0.05, 0.1) is 17.9 Å². The maximum atomic E-state index is 12.3. The summed E-state index contributed by atoms with van der Waals surface area (Å²) in [6.45, 7) is 1.87. The summed E-state index contributed by atoms with van der Waals surface area (Å²) in [7, 11) is 0. The van der Waals surface area contributed by atoms with Gasteiger partial charge < -0.3 is 10.4 Å². The zero-order chi connectivity index (χ0) is 15.4. The fourth-order valence-electron chi connectivity index (χ4n) is 2.53. The Bertz CT molecular complexity index is 553. The molecule has 0 heterocycles. The molecule has 5 heteroatoms. The summed E-state index contributed by atoms with van der Waals surface area (Å²) < 4.78 is 0. The number of hydrogen-bond donors (Lipinski definition) is 2. The number of benzene rings is 1. The normalized spacial score (nSPS) is 22.6. The summed E-state index contributed by atoms with van der Waals surface area (Å²) in [5.74, 6) is -2.29. The van der Waals surface area contributed by atoms with Crippen LogP contribution in [0.1, 0.15) is 31.4 Å². The van der Waals surface area contributed by atoms with Gasteiger partial charge in [0.1, 0.15) is 0 Å². The molecule has 0 bridgehead atoms. The molecule has 0 radical (unpaired) electrons. The van der Waals surface area contributed by atoms with Crippen molar-refractivity contribution < 1.29 is 14.7 Å². The van der Waals surface area contributed by atoms with Crippen molar-refractivity contribution in [3.8, 4) is 0 Å². The fraction of sp³-hybridized carbons (Fsp3) is 0.375. The second-order valence-corrected chi connectivity index (χ2v) is 5.71. The smallest absolute Gasteiger partial charge is 0.307 e. The van der Waals surface area contributed by atoms with Crippen LogP contribution in [0, 0.1) is 11.8 Å². The Kier molecular flexibility index (Phi) is 5.02. The van der Waals surface area contributed by atoms with Gasteiger partial charge in [-0.3, -0.25) is 9.59 Å². The largest absolute Gasteiger partial charge is 0.481 e. The molecule has 2 rings (SSSR count). The summed E-state index contributed by atoms with van der Waals surface area (Å²) in [6, 6.07) is 7.05. The molecule has 0 unspecified atom stereocenters. The third kappa shape index (κ3) is 3.85. The van der Waals surface area contributed by atoms with Crippen molar-refractivity contribution in [1.29, 1.82) is 0 Å². The maximum absolute atomic E-state index is 12.3. The summed E-state index contributed by atoms with van der Waals surface area (Å²) >= 11 is 5.84. The predicted octanol–water partition coefficient (Wildman–Crippen LogP) is 3.18. The van der Waals surface area contributed by atoms with Crippen molar-refractivity contribution in [2.75, 3.05) is 0 Å². The second-order valence-electron chi connectivity index (χ2n) is 5.28. The number of aliphatic carboxylic acids is 1. The lowest BCUT2D eigenvalue weighted by Gasteiger charge is -2.26. The van der Waals surface area contributed by atoms with E-state index in [4.69, 9.17) is 11.6 Å². The lowest BCUT2D eigenvalue weighted by Crippen LogP contribution is -2.39. The maximum Gasteiger partial charge on any atom is 0.307 e. The predicted molar refractivity (Wildman–Crippen MR) is 81.0 cm³/mol. The van der Waals surface area contributed by atoms with Gasteiger partial charge in [0, 0.05) is 5.02 Å². The summed E-state index contributed by atoms with van der Waals surface area (Å²) in [5.41, 5.74) is 0.936. The highest BCUT2D eigenvalue weighted by Gasteiger charge is 2.34. The molecule has 1 aromatic carbocycles. The van der Waals surface area contributed by atoms with Gasteiger partial charge in [-0.05, 0) is 37.5 Å². The molecule has 1 aliphatic rings. The molecule has 3 atom stereocenters. The number of nitrogens with one attached hydrogen (secondary N) is 1. The molecule has 0 spiro atoms. The molecule has 21 heavy (non-hydrogen) atoms. The molecule has 1 aliphatic carbocycles. The molecular weight excluding hydrogens is 290 g/mol. The van der Waals surface area contributed by atoms with E-state index in [1.54, 1.807) is 12.1 Å². The average Bonchev–Trinajstić information content (AvgIpc) is 2.47. The average molecular weight is 308 g/mol. The number of hydrogen-bond acceptors (Lipinski definition) is 2. The van der Waals surface area contributed by atoms with Crippen molar-refractivity contribution in [2.45, 2.75) is 25.8 Å². The van der Waals surface area contributed by atoms with E-state index in [0.717, 1.165) is 5.56 Å². The summed E-state index contributed by atoms with van der Waals surface area (Å²) in [5, 5.41) is 12.7. The molecule has 0 aliphatic heterocycles. The van der Waals surface area contributed by atoms with Crippen LogP contribution >= 0.6 is 11.6 Å². The van der Waals surface area contributed by atoms with E-state index >= 15 is 0 Å². The molecule has 0 saturated heterocycles. The molecule has 2 N–H and O–H groups in total. The topological polar surface area (TPSA) is 66.4 Å². The standard InChI is InChI=1S/C16H18ClNO3/c1-10(11-6-8-12(17)9-7-11)18-15(19)13-4-2-3-5-14(13)16(20)21/h2-3,6-10,13-14H,4-5H2,1H3,(H,18,19)(H,20,21)/t10-,13+,14-/m0/s1. The van der Waals surface area contributed by atoms with E-state index in [9.17, 15) is 14.7 Å². The number of carbonyl (C=O) groups excluding carboxylic acids is 1. The van der Waals surface area contributed by atoms with E-state index in [0.29, 0.717) is 17.9 Å². The van der Waals surface area contributed by atoms with Crippen LogP contribution in [0.25, 0.3) is 0 Å². The first-order valence-corrected chi connectivity index (χ1v) is 7.30. The summed E-state index contributed by atoms with van der Waals surface area (Å²) in [6.07, 6.45) is 4.57. The lowest BCUT2D eigenvalue weighted by atomic mass is 9.82. The Morgan fingerprint density at radius 2 is 1.76 bits per heavy atom. The highest BCUT2D eigenvalue weighted by molar-refractivity contribution is 6.30. The first-order chi connectivity index (χ1) is 9.99. The van der Waals surface area contributed by atoms with Gasteiger partial charge in [0.25, 0.3) is 0 Å². The van der Waals surface area contributed by atoms with E-state index < -0.39 is 17.8 Å². The molecule has 0 aromatic heterocycles. The van der Waals surface area contributed by atoms with E-state index in [-0.39, 0.29) is 11.9 Å². The van der Waals surface area contributed by atoms with Gasteiger partial charge in [0.15, 0.2) is 0 Å². The van der Waals surface area contributed by atoms with E-state index in [1.807, 2.05) is 31.2 Å². The Labute approximate surface area is 128 Å². The van der Waals surface area contributed by atoms with Crippen molar-refractivity contribution in [3.05, 3.63) is 47.0 Å². The highest BCUT2D eigenvalue weighted by atomic mass is 35.5. The van der Waals surface area contributed by atoms with Crippen LogP contribution in [-0.2, 0) is 9.59 Å². The number of amides is 1. The van der Waals surface area contributed by atoms with Gasteiger partial charge in [-0.1, -0.05) is 35.9 Å². The molecule has 0 saturated carbocycles. The van der Waals surface area contributed by atoms with Gasteiger partial charge >= 0.3 is 5.97 Å². The van der Waals surface area contributed by atoms with Gasteiger partial charge in [-0.15, -0.1) is 0 Å². The minimum Gasteiger partial charge on any atom is -0.481 e. The second kappa shape index (κ2) is 6.76. The van der Waals surface area contributed by atoms with Crippen LogP contribution in [0.15, 0.2) is 36.4 Å². The minimum atomic E-state index is -0.918. The van der Waals surface area contributed by atoms with Crippen molar-refractivity contribution in [3.63, 3.8) is 0 Å². The molecule has 4 nitrogen and oxygen atoms in total. The SMILES string of the molecule is C[C@H](NC(=O)[C@@H]1CC=CC[C@@H]1C(=O)O)c1ccc(Cl)cc1. The van der Waals surface area contributed by atoms with Crippen molar-refractivity contribution in [1.82, 2.24) is 5.32 Å². The Hall–Kier alpha value is -1.81. The van der Waals surface area contributed by atoms with Crippen LogP contribution < -0.4 is 5.32 Å². The zero-order valence-corrected chi connectivity index (χ0v) is 12.5. The molecule has 0 fully saturated rings. The van der Waals surface area contributed by atoms with Crippen LogP contribution in [0.4, 0.5) is 0 Å². The number of carboxylic acids is 1. The Morgan fingerprint density at radius 3 is 2.33 bits per heavy atom. The highest BCUT2D eigenvalue weighted by Crippen LogP contribution is 2.27. The van der Waals surface area contributed by atoms with Gasteiger partial charge in [0.2, 0.25) is 5.91 Å². The van der Waals surface area contributed by atoms with E-state index in [1.165, 1.54) is 0 Å². The minimum absolute atomic E-state index is 0.185. The summed E-state index contributed by atoms with van der Waals surface area (Å²) in [4.78, 5) is 23.6. The van der Waals surface area contributed by atoms with Crippen LogP contribution in [0.3, 0.4) is 0 Å². The van der Waals surface area contributed by atoms with Crippen LogP contribution in [-0.4, -0.2) is 17.0 Å². The van der Waals surface area contributed by atoms with Crippen LogP contribution in [0.5, 0.6) is 0 Å². The van der Waals surface area contributed by atoms with Gasteiger partial charge in [-0.2, -0.15) is 0 Å². The number of rotatable bonds is 4. The number of halogens is 1. The first-order valence-electron chi connectivity index (χ1n) is 6.92. The fourth-order valence-corrected chi connectivity index (χ4v) is 2.66. The lowest BCUT2D eigenvalue weighted by molar-refractivity contribution is -0.147. The molecule has 1 aromatic rings. The number of carbonyl (C=O) groups is 2. The molecule has 112 valence electrons. The first kappa shape index (κ1) is 15.6. The van der Waals surface area contributed by atoms with Crippen molar-refractivity contribution >= 4 is 23.5 Å². The quantitative estimate of drug-likeness (QED) is 0.840. The Morgan fingerprint density at radius 1 is 1.19 bits per heavy atom. The zero-order valence-electron chi connectivity index (χ0n) is 11.8. The number of carboxylic acid groups (broad SMARTS) is 1. The van der Waals surface area contributed by atoms with E-state index in [2.05, 4.69) is 5.32 Å². The monoisotopic (exact) mass is 307 g/mol. The molecular formula is C16H18ClNO3. The Balaban J connectivity index is 2.04. The van der Waals surface area contributed by atoms with Crippen LogP contribution in [0.2, 0.25) is 5.02 Å². The van der Waals surface area contributed by atoms with Crippen molar-refractivity contribution in [2.24, 2.45) is 11.8 Å². The molecule has 1 amide bonds. The third-order valence-corrected chi connectivity index (χ3v) is 4.07. The third-order valence-electron chi connectivity index (χ3n) is 3.82. The van der Waals surface area contributed by atoms with Gasteiger partial charge in [-0.25, -0.2) is 0 Å².